The molecular weight excluding hydrogens is 567 g/mol. The van der Waals surface area contributed by atoms with Gasteiger partial charge in [-0.1, -0.05) is 31.2 Å². The van der Waals surface area contributed by atoms with Gasteiger partial charge in [-0.15, -0.1) is 11.3 Å². The van der Waals surface area contributed by atoms with Crippen LogP contribution >= 0.6 is 22.9 Å². The third kappa shape index (κ3) is 5.71. The van der Waals surface area contributed by atoms with E-state index >= 15 is 4.39 Å². The molecule has 0 fully saturated rings. The second kappa shape index (κ2) is 11.4. The summed E-state index contributed by atoms with van der Waals surface area (Å²) in [4.78, 5) is 21.6. The Morgan fingerprint density at radius 2 is 2.02 bits per heavy atom. The van der Waals surface area contributed by atoms with E-state index in [2.05, 4.69) is 25.7 Å². The minimum Gasteiger partial charge on any atom is -0.465 e. The maximum absolute atomic E-state index is 15.4. The van der Waals surface area contributed by atoms with E-state index in [9.17, 15) is 4.79 Å². The lowest BCUT2D eigenvalue weighted by molar-refractivity contribution is 0.0601. The monoisotopic (exact) mass is 598 g/mol. The quantitative estimate of drug-likeness (QED) is 0.0946. The number of carbonyl (C=O) groups is 1. The Kier molecular flexibility index (Phi) is 8.14. The van der Waals surface area contributed by atoms with Crippen LogP contribution < -0.4 is 5.73 Å². The van der Waals surface area contributed by atoms with Gasteiger partial charge in [-0.25, -0.2) is 14.2 Å². The SMILES string of the molecule is COC(=O)c1scc(-c2cnc(C3CCc4cc(-c5cc(Cl)ccc5N)cnc43)n2COCC[Si](C)(C)C)c1F. The first kappa shape index (κ1) is 28.5. The van der Waals surface area contributed by atoms with Gasteiger partial charge in [0.1, 0.15) is 17.4 Å². The predicted octanol–water partition coefficient (Wildman–Crippen LogP) is 7.23. The molecule has 1 unspecified atom stereocenters. The van der Waals surface area contributed by atoms with Gasteiger partial charge in [-0.3, -0.25) is 4.98 Å². The fourth-order valence-electron chi connectivity index (χ4n) is 4.95. The average Bonchev–Trinajstić information content (AvgIpc) is 3.62. The second-order valence-corrected chi connectivity index (χ2v) is 18.1. The van der Waals surface area contributed by atoms with Crippen molar-refractivity contribution < 1.29 is 18.7 Å². The topological polar surface area (TPSA) is 92.3 Å². The largest absolute Gasteiger partial charge is 0.465 e. The molecule has 1 aliphatic carbocycles. The standard InChI is InChI=1S/C29H32ClFN4O3SSi/c1-37-29(36)27-25(31)22(15-39-27)24-14-34-28(35(24)16-38-9-10-40(2,3)4)20-7-5-17-11-18(13-33-26(17)20)21-12-19(30)6-8-23(21)32/h6,8,11-15,20H,5,7,9-10,16,32H2,1-4H3. The zero-order valence-electron chi connectivity index (χ0n) is 23.0. The van der Waals surface area contributed by atoms with Crippen LogP contribution in [0.4, 0.5) is 10.1 Å². The first-order valence-corrected chi connectivity index (χ1v) is 18.1. The molecule has 2 N–H and O–H groups in total. The van der Waals surface area contributed by atoms with Gasteiger partial charge in [0.25, 0.3) is 0 Å². The van der Waals surface area contributed by atoms with E-state index < -0.39 is 19.9 Å². The van der Waals surface area contributed by atoms with E-state index in [1.54, 1.807) is 23.7 Å². The number of rotatable bonds is 9. The van der Waals surface area contributed by atoms with Crippen LogP contribution in [-0.4, -0.2) is 42.3 Å². The summed E-state index contributed by atoms with van der Waals surface area (Å²) in [6, 6.07) is 8.54. The van der Waals surface area contributed by atoms with Crippen LogP contribution in [0.1, 0.15) is 39.1 Å². The van der Waals surface area contributed by atoms with E-state index in [-0.39, 0.29) is 17.5 Å². The molecule has 1 aromatic carbocycles. The van der Waals surface area contributed by atoms with Crippen molar-refractivity contribution in [2.24, 2.45) is 0 Å². The van der Waals surface area contributed by atoms with Gasteiger partial charge < -0.3 is 19.8 Å². The number of pyridine rings is 1. The molecule has 0 amide bonds. The number of aromatic nitrogens is 3. The van der Waals surface area contributed by atoms with Gasteiger partial charge in [0.05, 0.1) is 30.6 Å². The van der Waals surface area contributed by atoms with Gasteiger partial charge >= 0.3 is 5.97 Å². The molecule has 4 aromatic rings. The molecular formula is C29H32ClFN4O3SSi. The van der Waals surface area contributed by atoms with Crippen molar-refractivity contribution >= 4 is 42.7 Å². The van der Waals surface area contributed by atoms with Gasteiger partial charge in [-0.05, 0) is 48.7 Å². The van der Waals surface area contributed by atoms with Crippen molar-refractivity contribution in [3.05, 3.63) is 74.8 Å². The van der Waals surface area contributed by atoms with Crippen molar-refractivity contribution in [1.82, 2.24) is 14.5 Å². The number of hydrogen-bond donors (Lipinski definition) is 1. The van der Waals surface area contributed by atoms with Crippen molar-refractivity contribution in [2.45, 2.75) is 51.2 Å². The average molecular weight is 599 g/mol. The normalized spacial score (nSPS) is 14.9. The molecule has 11 heteroatoms. The summed E-state index contributed by atoms with van der Waals surface area (Å²) in [6.07, 6.45) is 5.10. The van der Waals surface area contributed by atoms with E-state index in [4.69, 9.17) is 36.8 Å². The highest BCUT2D eigenvalue weighted by molar-refractivity contribution is 7.12. The number of methoxy groups -OCH3 is 1. The fraction of sp³-hybridized carbons (Fsp3) is 0.345. The second-order valence-electron chi connectivity index (χ2n) is 11.2. The Morgan fingerprint density at radius 3 is 2.77 bits per heavy atom. The number of nitrogens with two attached hydrogens (primary N) is 1. The van der Waals surface area contributed by atoms with E-state index in [1.807, 2.05) is 16.8 Å². The van der Waals surface area contributed by atoms with Crippen molar-refractivity contribution in [2.75, 3.05) is 19.5 Å². The van der Waals surface area contributed by atoms with Crippen molar-refractivity contribution in [1.29, 1.82) is 0 Å². The number of ether oxygens (including phenoxy) is 2. The molecule has 1 aliphatic rings. The Bertz CT molecular complexity index is 1570. The minimum atomic E-state index is -1.29. The fourth-order valence-corrected chi connectivity index (χ4v) is 6.73. The van der Waals surface area contributed by atoms with Gasteiger partial charge in [0.15, 0.2) is 5.82 Å². The number of nitrogen functional groups attached to an aromatic ring is 1. The number of carbonyl (C=O) groups excluding carboxylic acids is 1. The summed E-state index contributed by atoms with van der Waals surface area (Å²) in [5, 5.41) is 2.24. The molecule has 210 valence electrons. The summed E-state index contributed by atoms with van der Waals surface area (Å²) in [7, 11) is -0.0512. The van der Waals surface area contributed by atoms with E-state index in [0.717, 1.165) is 58.4 Å². The van der Waals surface area contributed by atoms with Crippen LogP contribution in [0.2, 0.25) is 30.7 Å². The summed E-state index contributed by atoms with van der Waals surface area (Å²) in [5.41, 5.74) is 11.5. The lowest BCUT2D eigenvalue weighted by Crippen LogP contribution is -2.22. The van der Waals surface area contributed by atoms with Crippen molar-refractivity contribution in [3.8, 4) is 22.4 Å². The van der Waals surface area contributed by atoms with Crippen LogP contribution in [0.15, 0.2) is 42.0 Å². The number of aryl methyl sites for hydroxylation is 1. The molecule has 5 rings (SSSR count). The molecule has 40 heavy (non-hydrogen) atoms. The third-order valence-electron chi connectivity index (χ3n) is 7.15. The number of anilines is 1. The van der Waals surface area contributed by atoms with Crippen LogP contribution in [0.3, 0.4) is 0 Å². The molecule has 7 nitrogen and oxygen atoms in total. The molecule has 0 radical (unpaired) electrons. The highest BCUT2D eigenvalue weighted by atomic mass is 35.5. The number of nitrogens with zero attached hydrogens (tertiary/aromatic N) is 3. The predicted molar refractivity (Wildman–Crippen MR) is 160 cm³/mol. The number of halogens is 2. The Morgan fingerprint density at radius 1 is 1.23 bits per heavy atom. The number of imidazole rings is 1. The maximum atomic E-state index is 15.4. The number of benzene rings is 1. The summed E-state index contributed by atoms with van der Waals surface area (Å²) >= 11 is 7.24. The zero-order chi connectivity index (χ0) is 28.6. The Hall–Kier alpha value is -3.05. The van der Waals surface area contributed by atoms with Crippen LogP contribution in [0, 0.1) is 5.82 Å². The highest BCUT2D eigenvalue weighted by Crippen LogP contribution is 2.41. The van der Waals surface area contributed by atoms with Crippen LogP contribution in [0.25, 0.3) is 22.4 Å². The van der Waals surface area contributed by atoms with Crippen LogP contribution in [-0.2, 0) is 22.6 Å². The number of hydrogen-bond acceptors (Lipinski definition) is 7. The van der Waals surface area contributed by atoms with Gasteiger partial charge in [0, 0.05) is 53.7 Å². The molecule has 3 aromatic heterocycles. The van der Waals surface area contributed by atoms with Crippen molar-refractivity contribution in [3.63, 3.8) is 0 Å². The lowest BCUT2D eigenvalue weighted by atomic mass is 10.0. The Balaban J connectivity index is 1.51. The van der Waals surface area contributed by atoms with E-state index in [0.29, 0.717) is 28.6 Å². The van der Waals surface area contributed by atoms with E-state index in [1.165, 1.54) is 7.11 Å². The number of esters is 1. The van der Waals surface area contributed by atoms with Gasteiger partial charge in [-0.2, -0.15) is 0 Å². The zero-order valence-corrected chi connectivity index (χ0v) is 25.5. The number of thiophene rings is 1. The highest BCUT2D eigenvalue weighted by Gasteiger charge is 2.32. The molecule has 0 saturated carbocycles. The molecule has 0 bridgehead atoms. The summed E-state index contributed by atoms with van der Waals surface area (Å²) in [6.45, 7) is 7.72. The smallest absolute Gasteiger partial charge is 0.351 e. The Labute approximate surface area is 243 Å². The molecule has 1 atom stereocenters. The summed E-state index contributed by atoms with van der Waals surface area (Å²) in [5.74, 6) is -0.636. The van der Waals surface area contributed by atoms with Crippen LogP contribution in [0.5, 0.6) is 0 Å². The lowest BCUT2D eigenvalue weighted by Gasteiger charge is -2.19. The summed E-state index contributed by atoms with van der Waals surface area (Å²) < 4.78 is 28.2. The maximum Gasteiger partial charge on any atom is 0.351 e. The third-order valence-corrected chi connectivity index (χ3v) is 10.0. The minimum absolute atomic E-state index is 0.0628. The number of fused-ring (bicyclic) bond motifs is 1. The first-order chi connectivity index (χ1) is 19.1. The first-order valence-electron chi connectivity index (χ1n) is 13.1. The molecule has 0 spiro atoms. The molecule has 0 aliphatic heterocycles. The molecule has 0 saturated heterocycles. The van der Waals surface area contributed by atoms with Gasteiger partial charge in [0.2, 0.25) is 0 Å². The molecule has 3 heterocycles.